The van der Waals surface area contributed by atoms with Crippen molar-refractivity contribution in [1.82, 2.24) is 10.6 Å². The third-order valence-electron chi connectivity index (χ3n) is 6.26. The second-order valence-corrected chi connectivity index (χ2v) is 12.0. The Morgan fingerprint density at radius 1 is 1.11 bits per heavy atom. The van der Waals surface area contributed by atoms with Crippen LogP contribution < -0.4 is 10.6 Å². The molecule has 0 bridgehead atoms. The molecule has 3 rings (SSSR count). The van der Waals surface area contributed by atoms with Gasteiger partial charge in [-0.1, -0.05) is 32.0 Å². The van der Waals surface area contributed by atoms with E-state index in [-0.39, 0.29) is 5.92 Å². The Morgan fingerprint density at radius 2 is 1.81 bits per heavy atom. The summed E-state index contributed by atoms with van der Waals surface area (Å²) in [6.07, 6.45) is 1.19. The summed E-state index contributed by atoms with van der Waals surface area (Å²) in [4.78, 5) is 40.3. The summed E-state index contributed by atoms with van der Waals surface area (Å²) < 4.78 is 10.4. The van der Waals surface area contributed by atoms with E-state index in [1.54, 1.807) is 32.1 Å². The number of rotatable bonds is 8. The van der Waals surface area contributed by atoms with E-state index in [1.807, 2.05) is 19.9 Å². The van der Waals surface area contributed by atoms with Gasteiger partial charge in [-0.3, -0.25) is 4.79 Å². The van der Waals surface area contributed by atoms with Gasteiger partial charge in [-0.05, 0) is 73.7 Å². The Bertz CT molecular complexity index is 1120. The van der Waals surface area contributed by atoms with Gasteiger partial charge in [0.2, 0.25) is 5.91 Å². The van der Waals surface area contributed by atoms with Crippen LogP contribution in [-0.2, 0) is 38.3 Å². The molecule has 7 nitrogen and oxygen atoms in total. The van der Waals surface area contributed by atoms with E-state index >= 15 is 0 Å². The molecule has 2 atom stereocenters. The summed E-state index contributed by atoms with van der Waals surface area (Å²) in [5, 5.41) is 7.81. The molecule has 8 heteroatoms. The number of aryl methyl sites for hydroxylation is 1. The predicted octanol–water partition coefficient (Wildman–Crippen LogP) is 4.71. The molecule has 0 saturated carbocycles. The average Bonchev–Trinajstić information content (AvgIpc) is 3.34. The molecule has 1 aliphatic rings. The van der Waals surface area contributed by atoms with E-state index in [9.17, 15) is 14.4 Å². The number of fused-ring (bicyclic) bond motifs is 1. The first-order chi connectivity index (χ1) is 16.8. The summed E-state index contributed by atoms with van der Waals surface area (Å²) in [6.45, 7) is 11.4. The Balaban J connectivity index is 1.89. The largest absolute Gasteiger partial charge is 0.467 e. The highest BCUT2D eigenvalue weighted by Gasteiger charge is 2.47. The van der Waals surface area contributed by atoms with Crippen molar-refractivity contribution in [3.63, 3.8) is 0 Å². The van der Waals surface area contributed by atoms with Crippen LogP contribution in [0.2, 0.25) is 0 Å². The van der Waals surface area contributed by atoms with Crippen LogP contribution in [0.15, 0.2) is 29.6 Å². The van der Waals surface area contributed by atoms with Crippen LogP contribution in [0.1, 0.15) is 68.2 Å². The van der Waals surface area contributed by atoms with Crippen LogP contribution in [0, 0.1) is 12.8 Å². The highest BCUT2D eigenvalue weighted by molar-refractivity contribution is 7.10. The molecule has 2 amide bonds. The number of esters is 1. The molecule has 1 heterocycles. The topological polar surface area (TPSA) is 93.7 Å². The summed E-state index contributed by atoms with van der Waals surface area (Å²) in [5.74, 6) is -0.766. The van der Waals surface area contributed by atoms with E-state index in [2.05, 4.69) is 41.1 Å². The van der Waals surface area contributed by atoms with E-state index in [0.29, 0.717) is 19.3 Å². The lowest BCUT2D eigenvalue weighted by molar-refractivity contribution is -0.146. The first kappa shape index (κ1) is 27.7. The summed E-state index contributed by atoms with van der Waals surface area (Å²) >= 11 is 1.73. The third-order valence-corrected chi connectivity index (χ3v) is 7.28. The van der Waals surface area contributed by atoms with Gasteiger partial charge in [-0.2, -0.15) is 0 Å². The first-order valence-corrected chi connectivity index (χ1v) is 13.2. The predicted molar refractivity (Wildman–Crippen MR) is 141 cm³/mol. The number of hydrogen-bond donors (Lipinski definition) is 2. The number of carbonyl (C=O) groups excluding carboxylic acids is 3. The molecule has 2 unspecified atom stereocenters. The second-order valence-electron chi connectivity index (χ2n) is 11.0. The second kappa shape index (κ2) is 11.0. The smallest absolute Gasteiger partial charge is 0.408 e. The fourth-order valence-corrected chi connectivity index (χ4v) is 5.48. The van der Waals surface area contributed by atoms with Crippen molar-refractivity contribution in [3.05, 3.63) is 56.8 Å². The molecule has 196 valence electrons. The van der Waals surface area contributed by atoms with Crippen LogP contribution in [0.5, 0.6) is 0 Å². The maximum atomic E-state index is 13.7. The minimum Gasteiger partial charge on any atom is -0.467 e. The van der Waals surface area contributed by atoms with E-state index < -0.39 is 35.2 Å². The van der Waals surface area contributed by atoms with Gasteiger partial charge >= 0.3 is 12.1 Å². The summed E-state index contributed by atoms with van der Waals surface area (Å²) in [7, 11) is 1.30. The Labute approximate surface area is 218 Å². The SMILES string of the molecule is COC(=O)C(CC(C)C)NC(=O)C1(NC(=O)OC(C)(C)C)Cc2ccc(Cc3sccc3C)cc2C1. The molecule has 2 aromatic rings. The molecular weight excluding hydrogens is 476 g/mol. The number of carbonyl (C=O) groups is 3. The highest BCUT2D eigenvalue weighted by Crippen LogP contribution is 2.33. The van der Waals surface area contributed by atoms with Crippen LogP contribution >= 0.6 is 11.3 Å². The van der Waals surface area contributed by atoms with Crippen molar-refractivity contribution in [2.45, 2.75) is 84.4 Å². The Hall–Kier alpha value is -2.87. The maximum absolute atomic E-state index is 13.7. The maximum Gasteiger partial charge on any atom is 0.408 e. The monoisotopic (exact) mass is 514 g/mol. The van der Waals surface area contributed by atoms with Gasteiger partial charge in [0.15, 0.2) is 0 Å². The zero-order chi connectivity index (χ0) is 26.7. The van der Waals surface area contributed by atoms with Crippen molar-refractivity contribution in [2.75, 3.05) is 7.11 Å². The number of nitrogens with one attached hydrogen (secondary N) is 2. The molecule has 0 saturated heterocycles. The number of thiophene rings is 1. The minimum atomic E-state index is -1.27. The van der Waals surface area contributed by atoms with Crippen molar-refractivity contribution < 1.29 is 23.9 Å². The van der Waals surface area contributed by atoms with Gasteiger partial charge in [0.1, 0.15) is 17.2 Å². The van der Waals surface area contributed by atoms with Crippen molar-refractivity contribution >= 4 is 29.3 Å². The molecule has 0 aliphatic heterocycles. The van der Waals surface area contributed by atoms with E-state index in [1.165, 1.54) is 17.6 Å². The summed E-state index contributed by atoms with van der Waals surface area (Å²) in [5.41, 5.74) is 2.42. The van der Waals surface area contributed by atoms with Gasteiger partial charge in [0, 0.05) is 24.1 Å². The van der Waals surface area contributed by atoms with Crippen LogP contribution in [-0.4, -0.2) is 42.3 Å². The number of hydrogen-bond acceptors (Lipinski definition) is 6. The standard InChI is InChI=1S/C28H38N2O5S/c1-17(2)12-22(24(31)34-7)29-25(32)28(30-26(33)35-27(4,5)6)15-20-9-8-19(13-21(20)16-28)14-23-18(3)10-11-36-23/h8-11,13,17,22H,12,14-16H2,1-7H3,(H,29,32)(H,30,33). The van der Waals surface area contributed by atoms with Gasteiger partial charge < -0.3 is 20.1 Å². The number of benzene rings is 1. The average molecular weight is 515 g/mol. The molecule has 0 fully saturated rings. The lowest BCUT2D eigenvalue weighted by atomic mass is 9.93. The Kier molecular flexibility index (Phi) is 8.49. The fourth-order valence-electron chi connectivity index (χ4n) is 4.54. The number of methoxy groups -OCH3 is 1. The third kappa shape index (κ3) is 6.87. The first-order valence-electron chi connectivity index (χ1n) is 12.4. The zero-order valence-corrected chi connectivity index (χ0v) is 23.1. The quantitative estimate of drug-likeness (QED) is 0.498. The van der Waals surface area contributed by atoms with Gasteiger partial charge in [0.05, 0.1) is 7.11 Å². The van der Waals surface area contributed by atoms with Crippen molar-refractivity contribution in [3.8, 4) is 0 Å². The van der Waals surface area contributed by atoms with Crippen molar-refractivity contribution in [2.24, 2.45) is 5.92 Å². The molecule has 2 N–H and O–H groups in total. The zero-order valence-electron chi connectivity index (χ0n) is 22.3. The lowest BCUT2D eigenvalue weighted by Gasteiger charge is -2.32. The van der Waals surface area contributed by atoms with Crippen LogP contribution in [0.4, 0.5) is 4.79 Å². The number of alkyl carbamates (subject to hydrolysis) is 1. The van der Waals surface area contributed by atoms with Gasteiger partial charge in [-0.15, -0.1) is 11.3 Å². The van der Waals surface area contributed by atoms with Crippen molar-refractivity contribution in [1.29, 1.82) is 0 Å². The molecular formula is C28H38N2O5S. The highest BCUT2D eigenvalue weighted by atomic mass is 32.1. The summed E-state index contributed by atoms with van der Waals surface area (Å²) in [6, 6.07) is 7.54. The molecule has 1 aliphatic carbocycles. The number of amides is 2. The number of ether oxygens (including phenoxy) is 2. The molecule has 1 aromatic carbocycles. The van der Waals surface area contributed by atoms with Gasteiger partial charge in [0.25, 0.3) is 0 Å². The van der Waals surface area contributed by atoms with Crippen LogP contribution in [0.25, 0.3) is 0 Å². The molecule has 36 heavy (non-hydrogen) atoms. The van der Waals surface area contributed by atoms with Gasteiger partial charge in [-0.25, -0.2) is 9.59 Å². The fraction of sp³-hybridized carbons (Fsp3) is 0.536. The lowest BCUT2D eigenvalue weighted by Crippen LogP contribution is -2.62. The molecule has 0 radical (unpaired) electrons. The normalized spacial score (nSPS) is 17.9. The molecule has 0 spiro atoms. The van der Waals surface area contributed by atoms with Crippen LogP contribution in [0.3, 0.4) is 0 Å². The minimum absolute atomic E-state index is 0.160. The van der Waals surface area contributed by atoms with E-state index in [4.69, 9.17) is 9.47 Å². The molecule has 1 aromatic heterocycles. The Morgan fingerprint density at radius 3 is 2.39 bits per heavy atom. The van der Waals surface area contributed by atoms with E-state index in [0.717, 1.165) is 23.1 Å².